The Labute approximate surface area is 107 Å². The summed E-state index contributed by atoms with van der Waals surface area (Å²) in [6.45, 7) is 6.45. The molecule has 2 aromatic rings. The number of aliphatic hydroxyl groups is 1. The van der Waals surface area contributed by atoms with E-state index in [1.54, 1.807) is 6.07 Å². The zero-order valence-electron chi connectivity index (χ0n) is 11.0. The molecule has 0 unspecified atom stereocenters. The van der Waals surface area contributed by atoms with Crippen LogP contribution >= 0.6 is 0 Å². The number of ether oxygens (including phenoxy) is 1. The van der Waals surface area contributed by atoms with E-state index < -0.39 is 0 Å². The monoisotopic (exact) mass is 246 g/mol. The second kappa shape index (κ2) is 5.27. The summed E-state index contributed by atoms with van der Waals surface area (Å²) in [4.78, 5) is 0. The maximum atomic E-state index is 8.93. The van der Waals surface area contributed by atoms with Gasteiger partial charge in [0, 0.05) is 0 Å². The fourth-order valence-electron chi connectivity index (χ4n) is 1.88. The number of hydrogen-bond acceptors (Lipinski definition) is 3. The molecule has 0 saturated heterocycles. The van der Waals surface area contributed by atoms with E-state index in [0.29, 0.717) is 12.4 Å². The van der Waals surface area contributed by atoms with Crippen LogP contribution in [0.3, 0.4) is 0 Å². The molecule has 0 aliphatic heterocycles. The molecule has 2 rings (SSSR count). The molecule has 1 N–H and O–H groups in total. The van der Waals surface area contributed by atoms with Gasteiger partial charge in [-0.05, 0) is 49.6 Å². The van der Waals surface area contributed by atoms with E-state index in [2.05, 4.69) is 26.0 Å². The van der Waals surface area contributed by atoms with Crippen LogP contribution in [0, 0.1) is 20.8 Å². The van der Waals surface area contributed by atoms with Crippen molar-refractivity contribution in [1.29, 1.82) is 0 Å². The molecule has 0 aliphatic carbocycles. The van der Waals surface area contributed by atoms with E-state index in [9.17, 15) is 0 Å². The Morgan fingerprint density at radius 2 is 1.67 bits per heavy atom. The normalized spacial score (nSPS) is 10.7. The molecule has 1 aromatic heterocycles. The Kier molecular flexibility index (Phi) is 3.72. The van der Waals surface area contributed by atoms with Gasteiger partial charge in [-0.15, -0.1) is 0 Å². The number of benzene rings is 1. The summed E-state index contributed by atoms with van der Waals surface area (Å²) >= 11 is 0. The average Bonchev–Trinajstić information content (AvgIpc) is 2.82. The van der Waals surface area contributed by atoms with Gasteiger partial charge in [0.2, 0.25) is 0 Å². The van der Waals surface area contributed by atoms with Gasteiger partial charge in [0.1, 0.15) is 30.5 Å². The minimum atomic E-state index is -0.0809. The fraction of sp³-hybridized carbons (Fsp3) is 0.333. The van der Waals surface area contributed by atoms with Crippen LogP contribution in [0.5, 0.6) is 5.75 Å². The standard InChI is InChI=1S/C15H18O3/c1-10-4-5-11(2)15(12(10)3)17-9-14-7-6-13(8-16)18-14/h4-7,16H,8-9H2,1-3H3. The molecule has 96 valence electrons. The highest BCUT2D eigenvalue weighted by atomic mass is 16.5. The number of hydrogen-bond donors (Lipinski definition) is 1. The molecule has 0 amide bonds. The van der Waals surface area contributed by atoms with Crippen LogP contribution in [-0.4, -0.2) is 5.11 Å². The summed E-state index contributed by atoms with van der Waals surface area (Å²) in [5, 5.41) is 8.93. The molecule has 0 atom stereocenters. The lowest BCUT2D eigenvalue weighted by Gasteiger charge is -2.12. The van der Waals surface area contributed by atoms with E-state index in [1.165, 1.54) is 5.56 Å². The largest absolute Gasteiger partial charge is 0.485 e. The summed E-state index contributed by atoms with van der Waals surface area (Å²) in [6.07, 6.45) is 0. The Morgan fingerprint density at radius 3 is 2.33 bits per heavy atom. The van der Waals surface area contributed by atoms with Gasteiger partial charge in [0.25, 0.3) is 0 Å². The molecule has 3 nitrogen and oxygen atoms in total. The van der Waals surface area contributed by atoms with E-state index in [1.807, 2.05) is 13.0 Å². The third-order valence-electron chi connectivity index (χ3n) is 3.11. The average molecular weight is 246 g/mol. The third kappa shape index (κ3) is 2.57. The quantitative estimate of drug-likeness (QED) is 0.900. The van der Waals surface area contributed by atoms with Gasteiger partial charge >= 0.3 is 0 Å². The summed E-state index contributed by atoms with van der Waals surface area (Å²) < 4.78 is 11.2. The predicted molar refractivity (Wildman–Crippen MR) is 69.6 cm³/mol. The molecule has 0 saturated carbocycles. The Morgan fingerprint density at radius 1 is 1.00 bits per heavy atom. The van der Waals surface area contributed by atoms with Crippen molar-refractivity contribution in [3.8, 4) is 5.75 Å². The minimum Gasteiger partial charge on any atom is -0.485 e. The summed E-state index contributed by atoms with van der Waals surface area (Å²) in [7, 11) is 0. The van der Waals surface area contributed by atoms with Gasteiger partial charge in [0.15, 0.2) is 0 Å². The zero-order chi connectivity index (χ0) is 13.1. The van der Waals surface area contributed by atoms with E-state index in [0.717, 1.165) is 22.6 Å². The van der Waals surface area contributed by atoms with Gasteiger partial charge in [-0.25, -0.2) is 0 Å². The second-order valence-corrected chi connectivity index (χ2v) is 4.47. The molecule has 3 heteroatoms. The lowest BCUT2D eigenvalue weighted by Crippen LogP contribution is -1.99. The van der Waals surface area contributed by atoms with Crippen LogP contribution < -0.4 is 4.74 Å². The molecule has 1 heterocycles. The number of aryl methyl sites for hydroxylation is 2. The van der Waals surface area contributed by atoms with Gasteiger partial charge in [-0.3, -0.25) is 0 Å². The molecule has 0 radical (unpaired) electrons. The summed E-state index contributed by atoms with van der Waals surface area (Å²) in [5.74, 6) is 2.20. The SMILES string of the molecule is Cc1ccc(C)c(OCc2ccc(CO)o2)c1C. The maximum Gasteiger partial charge on any atom is 0.146 e. The van der Waals surface area contributed by atoms with Crippen LogP contribution in [0.25, 0.3) is 0 Å². The van der Waals surface area contributed by atoms with Crippen molar-refractivity contribution in [2.45, 2.75) is 34.0 Å². The lowest BCUT2D eigenvalue weighted by molar-refractivity contribution is 0.224. The molecule has 0 aliphatic rings. The minimum absolute atomic E-state index is 0.0809. The second-order valence-electron chi connectivity index (χ2n) is 4.47. The van der Waals surface area contributed by atoms with Gasteiger partial charge < -0.3 is 14.3 Å². The lowest BCUT2D eigenvalue weighted by atomic mass is 10.1. The summed E-state index contributed by atoms with van der Waals surface area (Å²) in [5.41, 5.74) is 3.49. The number of aliphatic hydroxyl groups excluding tert-OH is 1. The fourth-order valence-corrected chi connectivity index (χ4v) is 1.88. The predicted octanol–water partition coefficient (Wildman–Crippen LogP) is 3.28. The van der Waals surface area contributed by atoms with E-state index in [4.69, 9.17) is 14.3 Å². The van der Waals surface area contributed by atoms with Crippen LogP contribution in [0.4, 0.5) is 0 Å². The van der Waals surface area contributed by atoms with Crippen molar-refractivity contribution in [3.05, 3.63) is 52.5 Å². The third-order valence-corrected chi connectivity index (χ3v) is 3.11. The van der Waals surface area contributed by atoms with Crippen molar-refractivity contribution in [1.82, 2.24) is 0 Å². The number of rotatable bonds is 4. The first-order valence-corrected chi connectivity index (χ1v) is 6.00. The van der Waals surface area contributed by atoms with Crippen LogP contribution in [0.2, 0.25) is 0 Å². The van der Waals surface area contributed by atoms with Crippen molar-refractivity contribution in [3.63, 3.8) is 0 Å². The molecule has 0 fully saturated rings. The molecular weight excluding hydrogens is 228 g/mol. The first-order valence-electron chi connectivity index (χ1n) is 6.00. The highest BCUT2D eigenvalue weighted by molar-refractivity contribution is 5.44. The smallest absolute Gasteiger partial charge is 0.146 e. The van der Waals surface area contributed by atoms with Crippen molar-refractivity contribution < 1.29 is 14.3 Å². The van der Waals surface area contributed by atoms with Crippen molar-refractivity contribution in [2.24, 2.45) is 0 Å². The number of furan rings is 1. The molecule has 0 bridgehead atoms. The van der Waals surface area contributed by atoms with Crippen LogP contribution in [0.1, 0.15) is 28.2 Å². The van der Waals surface area contributed by atoms with Crippen LogP contribution in [0.15, 0.2) is 28.7 Å². The van der Waals surface area contributed by atoms with E-state index in [-0.39, 0.29) is 6.61 Å². The Balaban J connectivity index is 2.12. The van der Waals surface area contributed by atoms with Crippen molar-refractivity contribution in [2.75, 3.05) is 0 Å². The highest BCUT2D eigenvalue weighted by Gasteiger charge is 2.08. The van der Waals surface area contributed by atoms with E-state index >= 15 is 0 Å². The zero-order valence-corrected chi connectivity index (χ0v) is 11.0. The maximum absolute atomic E-state index is 8.93. The Hall–Kier alpha value is -1.74. The highest BCUT2D eigenvalue weighted by Crippen LogP contribution is 2.26. The first kappa shape index (κ1) is 12.7. The topological polar surface area (TPSA) is 42.6 Å². The van der Waals surface area contributed by atoms with Gasteiger partial charge in [-0.1, -0.05) is 12.1 Å². The molecular formula is C15H18O3. The molecule has 1 aromatic carbocycles. The van der Waals surface area contributed by atoms with Crippen molar-refractivity contribution >= 4 is 0 Å². The van der Waals surface area contributed by atoms with Crippen LogP contribution in [-0.2, 0) is 13.2 Å². The van der Waals surface area contributed by atoms with Gasteiger partial charge in [0.05, 0.1) is 0 Å². The van der Waals surface area contributed by atoms with Gasteiger partial charge in [-0.2, -0.15) is 0 Å². The molecule has 18 heavy (non-hydrogen) atoms. The first-order chi connectivity index (χ1) is 8.61. The summed E-state index contributed by atoms with van der Waals surface area (Å²) in [6, 6.07) is 7.73. The Bertz CT molecular complexity index is 541. The molecule has 0 spiro atoms.